The molecule has 6 heteroatoms. The fourth-order valence-corrected chi connectivity index (χ4v) is 4.95. The lowest BCUT2D eigenvalue weighted by Crippen LogP contribution is -2.29. The van der Waals surface area contributed by atoms with Gasteiger partial charge in [0.2, 0.25) is 0 Å². The van der Waals surface area contributed by atoms with E-state index in [1.807, 2.05) is 18.2 Å². The number of halogens is 1. The second kappa shape index (κ2) is 7.59. The van der Waals surface area contributed by atoms with Gasteiger partial charge in [0.25, 0.3) is 0 Å². The molecule has 2 fully saturated rings. The van der Waals surface area contributed by atoms with Crippen molar-refractivity contribution in [3.63, 3.8) is 0 Å². The summed E-state index contributed by atoms with van der Waals surface area (Å²) in [7, 11) is 0. The Kier molecular flexibility index (Phi) is 4.79. The summed E-state index contributed by atoms with van der Waals surface area (Å²) in [6, 6.07) is 15.1. The van der Waals surface area contributed by atoms with Gasteiger partial charge < -0.3 is 14.8 Å². The first-order valence-corrected chi connectivity index (χ1v) is 10.5. The van der Waals surface area contributed by atoms with Crippen LogP contribution in [0.5, 0.6) is 0 Å². The third kappa shape index (κ3) is 3.42. The Morgan fingerprint density at radius 2 is 1.83 bits per heavy atom. The highest BCUT2D eigenvalue weighted by molar-refractivity contribution is 7.80. The number of pyridine rings is 1. The summed E-state index contributed by atoms with van der Waals surface area (Å²) in [6.07, 6.45) is 11.3. The Hall–Kier alpha value is -2.73. The molecule has 2 atom stereocenters. The molecule has 0 spiro atoms. The van der Waals surface area contributed by atoms with Crippen molar-refractivity contribution in [2.24, 2.45) is 0 Å². The average Bonchev–Trinajstić information content (AvgIpc) is 3.49. The Morgan fingerprint density at radius 1 is 1.03 bits per heavy atom. The lowest BCUT2D eigenvalue weighted by molar-refractivity contribution is 0.515. The van der Waals surface area contributed by atoms with Crippen LogP contribution in [0.1, 0.15) is 55.1 Å². The van der Waals surface area contributed by atoms with Crippen molar-refractivity contribution in [2.45, 2.75) is 43.8 Å². The Balaban J connectivity index is 1.56. The van der Waals surface area contributed by atoms with Crippen molar-refractivity contribution in [3.05, 3.63) is 84.2 Å². The minimum atomic E-state index is -0.253. The molecule has 1 saturated heterocycles. The molecule has 4 nitrogen and oxygen atoms in total. The molecule has 2 aliphatic rings. The van der Waals surface area contributed by atoms with Crippen LogP contribution in [0.3, 0.4) is 0 Å². The summed E-state index contributed by atoms with van der Waals surface area (Å²) in [5.41, 5.74) is 3.00. The van der Waals surface area contributed by atoms with E-state index in [9.17, 15) is 4.39 Å². The van der Waals surface area contributed by atoms with Gasteiger partial charge in [-0.05, 0) is 73.1 Å². The van der Waals surface area contributed by atoms with Crippen LogP contribution in [0.4, 0.5) is 10.1 Å². The molecule has 0 radical (unpaired) electrons. The summed E-state index contributed by atoms with van der Waals surface area (Å²) in [5.74, 6) is -0.253. The largest absolute Gasteiger partial charge is 0.351 e. The third-order valence-corrected chi connectivity index (χ3v) is 6.34. The van der Waals surface area contributed by atoms with Crippen LogP contribution in [-0.2, 0) is 0 Å². The van der Waals surface area contributed by atoms with Crippen LogP contribution in [0.2, 0.25) is 0 Å². The SMILES string of the molecule is Fc1ccc(N2C(=S)N[C@H](c3ccccn3)[C@H]2c2ccn(C3CCCC3)c2)cc1. The summed E-state index contributed by atoms with van der Waals surface area (Å²) in [6.45, 7) is 0. The van der Waals surface area contributed by atoms with Crippen LogP contribution in [0.25, 0.3) is 0 Å². The number of hydrogen-bond donors (Lipinski definition) is 1. The molecule has 1 aliphatic heterocycles. The number of anilines is 1. The van der Waals surface area contributed by atoms with E-state index >= 15 is 0 Å². The highest BCUT2D eigenvalue weighted by Crippen LogP contribution is 2.42. The number of hydrogen-bond acceptors (Lipinski definition) is 2. The van der Waals surface area contributed by atoms with Gasteiger partial charge in [-0.1, -0.05) is 18.9 Å². The Bertz CT molecular complexity index is 995. The van der Waals surface area contributed by atoms with Crippen molar-refractivity contribution >= 4 is 23.0 Å². The number of nitrogens with zero attached hydrogens (tertiary/aromatic N) is 3. The second-order valence-electron chi connectivity index (χ2n) is 7.80. The molecule has 3 aromatic rings. The number of aromatic nitrogens is 2. The van der Waals surface area contributed by atoms with E-state index in [-0.39, 0.29) is 17.9 Å². The normalized spacial score (nSPS) is 22.2. The maximum atomic E-state index is 13.5. The van der Waals surface area contributed by atoms with E-state index in [1.54, 1.807) is 18.3 Å². The summed E-state index contributed by atoms with van der Waals surface area (Å²) in [4.78, 5) is 6.67. The topological polar surface area (TPSA) is 33.1 Å². The molecule has 1 aromatic carbocycles. The fourth-order valence-electron chi connectivity index (χ4n) is 4.61. The molecular weight excluding hydrogens is 383 g/mol. The average molecular weight is 407 g/mol. The number of nitrogens with one attached hydrogen (secondary N) is 1. The number of rotatable bonds is 4. The quantitative estimate of drug-likeness (QED) is 0.595. The Labute approximate surface area is 175 Å². The zero-order valence-corrected chi connectivity index (χ0v) is 16.9. The second-order valence-corrected chi connectivity index (χ2v) is 8.19. The van der Waals surface area contributed by atoms with Gasteiger partial charge in [-0.25, -0.2) is 4.39 Å². The fraction of sp³-hybridized carbons (Fsp3) is 0.304. The van der Waals surface area contributed by atoms with Gasteiger partial charge in [-0.3, -0.25) is 4.98 Å². The maximum Gasteiger partial charge on any atom is 0.174 e. The van der Waals surface area contributed by atoms with Crippen molar-refractivity contribution in [1.82, 2.24) is 14.9 Å². The molecule has 5 rings (SSSR count). The zero-order chi connectivity index (χ0) is 19.8. The minimum absolute atomic E-state index is 0.0504. The first-order valence-electron chi connectivity index (χ1n) is 10.1. The number of benzene rings is 1. The van der Waals surface area contributed by atoms with Gasteiger partial charge in [-0.2, -0.15) is 0 Å². The molecule has 0 amide bonds. The molecule has 148 valence electrons. The van der Waals surface area contributed by atoms with Crippen molar-refractivity contribution < 1.29 is 4.39 Å². The molecule has 1 N–H and O–H groups in total. The summed E-state index contributed by atoms with van der Waals surface area (Å²) in [5, 5.41) is 4.08. The van der Waals surface area contributed by atoms with E-state index < -0.39 is 0 Å². The maximum absolute atomic E-state index is 13.5. The molecule has 0 bridgehead atoms. The van der Waals surface area contributed by atoms with Gasteiger partial charge in [0, 0.05) is 30.3 Å². The first-order chi connectivity index (χ1) is 14.2. The molecule has 29 heavy (non-hydrogen) atoms. The third-order valence-electron chi connectivity index (χ3n) is 6.03. The summed E-state index contributed by atoms with van der Waals surface area (Å²) < 4.78 is 15.9. The predicted molar refractivity (Wildman–Crippen MR) is 116 cm³/mol. The number of thiocarbonyl (C=S) groups is 1. The molecule has 3 heterocycles. The van der Waals surface area contributed by atoms with Crippen molar-refractivity contribution in [3.8, 4) is 0 Å². The monoisotopic (exact) mass is 406 g/mol. The van der Waals surface area contributed by atoms with Gasteiger partial charge in [0.15, 0.2) is 5.11 Å². The van der Waals surface area contributed by atoms with E-state index in [4.69, 9.17) is 12.2 Å². The van der Waals surface area contributed by atoms with E-state index in [1.165, 1.54) is 43.4 Å². The van der Waals surface area contributed by atoms with Crippen LogP contribution in [-0.4, -0.2) is 14.7 Å². The minimum Gasteiger partial charge on any atom is -0.351 e. The van der Waals surface area contributed by atoms with Crippen molar-refractivity contribution in [1.29, 1.82) is 0 Å². The van der Waals surface area contributed by atoms with E-state index in [2.05, 4.69) is 38.2 Å². The van der Waals surface area contributed by atoms with Gasteiger partial charge in [-0.15, -0.1) is 0 Å². The lowest BCUT2D eigenvalue weighted by atomic mass is 9.98. The van der Waals surface area contributed by atoms with Crippen LogP contribution in [0, 0.1) is 5.82 Å². The van der Waals surface area contributed by atoms with Crippen LogP contribution >= 0.6 is 12.2 Å². The van der Waals surface area contributed by atoms with Crippen LogP contribution < -0.4 is 10.2 Å². The van der Waals surface area contributed by atoms with Gasteiger partial charge in [0.1, 0.15) is 5.82 Å². The van der Waals surface area contributed by atoms with Crippen LogP contribution in [0.15, 0.2) is 67.1 Å². The summed E-state index contributed by atoms with van der Waals surface area (Å²) >= 11 is 5.71. The molecule has 1 saturated carbocycles. The van der Waals surface area contributed by atoms with E-state index in [0.29, 0.717) is 11.2 Å². The molecule has 0 unspecified atom stereocenters. The standard InChI is InChI=1S/C23H23FN4S/c24-17-8-10-19(11-9-17)28-22(16-12-14-27(15-16)18-5-1-2-6-18)21(26-23(28)29)20-7-3-4-13-25-20/h3-4,7-15,18,21-22H,1-2,5-6H2,(H,26,29)/t21-,22-/m1/s1. The molecule has 2 aromatic heterocycles. The predicted octanol–water partition coefficient (Wildman–Crippen LogP) is 5.31. The van der Waals surface area contributed by atoms with E-state index in [0.717, 1.165) is 11.4 Å². The smallest absolute Gasteiger partial charge is 0.174 e. The highest BCUT2D eigenvalue weighted by atomic mass is 32.1. The van der Waals surface area contributed by atoms with Crippen molar-refractivity contribution in [2.75, 3.05) is 4.90 Å². The zero-order valence-electron chi connectivity index (χ0n) is 16.0. The highest BCUT2D eigenvalue weighted by Gasteiger charge is 2.41. The van der Waals surface area contributed by atoms with Gasteiger partial charge in [0.05, 0.1) is 17.8 Å². The molecule has 1 aliphatic carbocycles. The first kappa shape index (κ1) is 18.3. The lowest BCUT2D eigenvalue weighted by Gasteiger charge is -2.27. The molecular formula is C23H23FN4S. The van der Waals surface area contributed by atoms with Gasteiger partial charge >= 0.3 is 0 Å². The Morgan fingerprint density at radius 3 is 2.55 bits per heavy atom.